The Hall–Kier alpha value is -3.52. The van der Waals surface area contributed by atoms with Gasteiger partial charge < -0.3 is 25.3 Å². The van der Waals surface area contributed by atoms with Crippen LogP contribution in [0.5, 0.6) is 5.75 Å². The van der Waals surface area contributed by atoms with Crippen LogP contribution in [0.3, 0.4) is 0 Å². The number of ether oxygens (including phenoxy) is 1. The maximum atomic E-state index is 15.1. The Balaban J connectivity index is 1.63. The second-order valence-corrected chi connectivity index (χ2v) is 9.92. The normalized spacial score (nSPS) is 20.1. The summed E-state index contributed by atoms with van der Waals surface area (Å²) in [6.07, 6.45) is 2.28. The average Bonchev–Trinajstić information content (AvgIpc) is 3.43. The Labute approximate surface area is 193 Å². The highest BCUT2D eigenvalue weighted by Crippen LogP contribution is 2.38. The molecule has 5 N–H and O–H groups in total. The highest BCUT2D eigenvalue weighted by atomic mass is 32.2. The molecule has 3 aromatic rings. The molecule has 2 aliphatic heterocycles. The number of fused-ring (bicyclic) bond motifs is 3. The number of primary sulfonamides is 1. The number of hydrogen-bond acceptors (Lipinski definition) is 9. The monoisotopic (exact) mass is 492 g/mol. The summed E-state index contributed by atoms with van der Waals surface area (Å²) in [5, 5.41) is 10.4. The lowest BCUT2D eigenvalue weighted by Crippen LogP contribution is -2.40. The van der Waals surface area contributed by atoms with E-state index in [0.29, 0.717) is 35.1 Å². The van der Waals surface area contributed by atoms with Crippen LogP contribution < -0.4 is 20.5 Å². The number of aromatic nitrogens is 3. The molecule has 4 heterocycles. The van der Waals surface area contributed by atoms with E-state index in [1.807, 2.05) is 0 Å². The number of aryl methyl sites for hydroxylation is 1. The highest BCUT2D eigenvalue weighted by molar-refractivity contribution is 7.89. The minimum absolute atomic E-state index is 0.0122. The third kappa shape index (κ3) is 3.77. The Morgan fingerprint density at radius 3 is 2.68 bits per heavy atom. The number of nitrogens with zero attached hydrogens (tertiary/aromatic N) is 4. The quantitative estimate of drug-likeness (QED) is 0.428. The van der Waals surface area contributed by atoms with Crippen LogP contribution in [0.15, 0.2) is 23.5 Å². The maximum absolute atomic E-state index is 15.1. The van der Waals surface area contributed by atoms with E-state index < -0.39 is 33.3 Å². The first-order chi connectivity index (χ1) is 16.2. The van der Waals surface area contributed by atoms with Gasteiger partial charge in [0.05, 0.1) is 39.8 Å². The van der Waals surface area contributed by atoms with E-state index in [2.05, 4.69) is 30.6 Å². The number of likely N-dealkylation sites (tertiary alicyclic amines) is 1. The summed E-state index contributed by atoms with van der Waals surface area (Å²) in [6, 6.07) is 1.06. The largest absolute Gasteiger partial charge is 0.447 e. The van der Waals surface area contributed by atoms with Crippen molar-refractivity contribution in [3.8, 4) is 5.75 Å². The molecule has 2 unspecified atom stereocenters. The number of aromatic amines is 1. The molecule has 5 rings (SSSR count). The Bertz CT molecular complexity index is 1410. The SMILES string of the molecule is CNc1cc(F)c(F)c2c3c([nH]c12)NC(Oc1cnc(C)nc1)N=C3N1CCC(S(N)(=O)=O)C1. The van der Waals surface area contributed by atoms with Gasteiger partial charge in [0.25, 0.3) is 6.35 Å². The molecule has 0 aliphatic carbocycles. The lowest BCUT2D eigenvalue weighted by atomic mass is 10.1. The van der Waals surface area contributed by atoms with Crippen LogP contribution in [0.25, 0.3) is 10.9 Å². The molecule has 0 spiro atoms. The Kier molecular flexibility index (Phi) is 5.28. The first-order valence-corrected chi connectivity index (χ1v) is 12.0. The summed E-state index contributed by atoms with van der Waals surface area (Å²) >= 11 is 0. The minimum Gasteiger partial charge on any atom is -0.447 e. The van der Waals surface area contributed by atoms with Crippen molar-refractivity contribution < 1.29 is 21.9 Å². The number of hydrogen-bond donors (Lipinski definition) is 4. The summed E-state index contributed by atoms with van der Waals surface area (Å²) in [6.45, 7) is 2.10. The lowest BCUT2D eigenvalue weighted by molar-refractivity contribution is 0.234. The Morgan fingerprint density at radius 1 is 1.29 bits per heavy atom. The number of rotatable bonds is 4. The molecule has 34 heavy (non-hydrogen) atoms. The van der Waals surface area contributed by atoms with E-state index in [1.54, 1.807) is 18.9 Å². The summed E-state index contributed by atoms with van der Waals surface area (Å²) in [7, 11) is -2.19. The van der Waals surface area contributed by atoms with Crippen molar-refractivity contribution in [1.82, 2.24) is 19.9 Å². The van der Waals surface area contributed by atoms with Crippen LogP contribution in [0.2, 0.25) is 0 Å². The number of aliphatic imine (C=N–C) groups is 1. The second kappa shape index (κ2) is 8.06. The zero-order valence-corrected chi connectivity index (χ0v) is 19.1. The topological polar surface area (TPSA) is 151 Å². The van der Waals surface area contributed by atoms with Crippen molar-refractivity contribution in [1.29, 1.82) is 0 Å². The zero-order valence-electron chi connectivity index (χ0n) is 18.3. The molecular weight excluding hydrogens is 470 g/mol. The summed E-state index contributed by atoms with van der Waals surface area (Å²) in [4.78, 5) is 17.5. The average molecular weight is 493 g/mol. The molecule has 14 heteroatoms. The number of sulfonamides is 1. The number of halogens is 2. The van der Waals surface area contributed by atoms with Crippen LogP contribution in [0, 0.1) is 18.6 Å². The van der Waals surface area contributed by atoms with Crippen molar-refractivity contribution in [3.05, 3.63) is 41.5 Å². The highest BCUT2D eigenvalue weighted by Gasteiger charge is 2.38. The van der Waals surface area contributed by atoms with Crippen LogP contribution >= 0.6 is 0 Å². The first-order valence-electron chi connectivity index (χ1n) is 10.4. The Morgan fingerprint density at radius 2 is 2.03 bits per heavy atom. The summed E-state index contributed by atoms with van der Waals surface area (Å²) in [5.41, 5.74) is 0.948. The summed E-state index contributed by atoms with van der Waals surface area (Å²) < 4.78 is 59.2. The number of amidine groups is 1. The van der Waals surface area contributed by atoms with Crippen LogP contribution in [-0.2, 0) is 10.0 Å². The van der Waals surface area contributed by atoms with E-state index in [9.17, 15) is 12.8 Å². The van der Waals surface area contributed by atoms with E-state index in [4.69, 9.17) is 9.88 Å². The van der Waals surface area contributed by atoms with Gasteiger partial charge in [0.1, 0.15) is 17.5 Å². The van der Waals surface area contributed by atoms with Gasteiger partial charge in [-0.2, -0.15) is 0 Å². The zero-order chi connectivity index (χ0) is 24.2. The summed E-state index contributed by atoms with van der Waals surface area (Å²) in [5.74, 6) is -0.572. The van der Waals surface area contributed by atoms with Gasteiger partial charge in [0, 0.05) is 26.2 Å². The molecule has 0 bridgehead atoms. The molecule has 180 valence electrons. The third-order valence-corrected chi connectivity index (χ3v) is 7.20. The van der Waals surface area contributed by atoms with Crippen molar-refractivity contribution in [2.24, 2.45) is 10.1 Å². The van der Waals surface area contributed by atoms with Gasteiger partial charge in [-0.1, -0.05) is 0 Å². The molecule has 2 aliphatic rings. The molecule has 2 atom stereocenters. The predicted molar refractivity (Wildman–Crippen MR) is 122 cm³/mol. The van der Waals surface area contributed by atoms with Crippen molar-refractivity contribution >= 4 is 38.3 Å². The third-order valence-electron chi connectivity index (χ3n) is 5.88. The number of nitrogens with one attached hydrogen (secondary N) is 3. The fourth-order valence-electron chi connectivity index (χ4n) is 4.22. The van der Waals surface area contributed by atoms with Crippen LogP contribution in [-0.4, -0.2) is 65.8 Å². The van der Waals surface area contributed by atoms with E-state index >= 15 is 4.39 Å². The minimum atomic E-state index is -3.78. The van der Waals surface area contributed by atoms with Gasteiger partial charge in [0.2, 0.25) is 10.0 Å². The number of H-pyrrole nitrogens is 1. The van der Waals surface area contributed by atoms with Crippen LogP contribution in [0.1, 0.15) is 17.8 Å². The molecular formula is C20H22F2N8O3S. The molecule has 1 saturated heterocycles. The molecule has 0 saturated carbocycles. The standard InChI is InChI=1S/C20H22F2N8O3S/c1-9-25-6-10(7-26-9)33-20-28-18-15(14-16(22)12(21)5-13(24-2)17(14)27-18)19(29-20)30-4-3-11(8-30)34(23,31)32/h5-7,11,20,24,27-28H,3-4,8H2,1-2H3,(H2,23,31,32). The molecule has 1 aromatic carbocycles. The van der Waals surface area contributed by atoms with E-state index in [0.717, 1.165) is 6.07 Å². The second-order valence-electron chi connectivity index (χ2n) is 8.07. The molecule has 11 nitrogen and oxygen atoms in total. The first kappa shape index (κ1) is 22.3. The van der Waals surface area contributed by atoms with Crippen molar-refractivity contribution in [3.63, 3.8) is 0 Å². The van der Waals surface area contributed by atoms with Gasteiger partial charge in [-0.25, -0.2) is 37.3 Å². The van der Waals surface area contributed by atoms with Crippen molar-refractivity contribution in [2.75, 3.05) is 30.8 Å². The van der Waals surface area contributed by atoms with Gasteiger partial charge in [-0.15, -0.1) is 0 Å². The van der Waals surface area contributed by atoms with Gasteiger partial charge >= 0.3 is 0 Å². The maximum Gasteiger partial charge on any atom is 0.271 e. The van der Waals surface area contributed by atoms with Gasteiger partial charge in [0.15, 0.2) is 17.4 Å². The van der Waals surface area contributed by atoms with Crippen LogP contribution in [0.4, 0.5) is 20.3 Å². The van der Waals surface area contributed by atoms with Gasteiger partial charge in [-0.3, -0.25) is 0 Å². The molecule has 0 amide bonds. The lowest BCUT2D eigenvalue weighted by Gasteiger charge is -2.28. The van der Waals surface area contributed by atoms with E-state index in [-0.39, 0.29) is 29.8 Å². The molecule has 1 fully saturated rings. The smallest absolute Gasteiger partial charge is 0.271 e. The molecule has 0 radical (unpaired) electrons. The fraction of sp³-hybridized carbons (Fsp3) is 0.350. The number of benzene rings is 1. The number of anilines is 2. The van der Waals surface area contributed by atoms with Gasteiger partial charge in [-0.05, 0) is 13.3 Å². The van der Waals surface area contributed by atoms with Crippen molar-refractivity contribution in [2.45, 2.75) is 24.9 Å². The number of nitrogens with two attached hydrogens (primary N) is 1. The fourth-order valence-corrected chi connectivity index (χ4v) is 5.04. The van der Waals surface area contributed by atoms with E-state index in [1.165, 1.54) is 12.4 Å². The predicted octanol–water partition coefficient (Wildman–Crippen LogP) is 1.48. The molecule has 2 aromatic heterocycles.